The molecule has 2 aliphatic carbocycles. The van der Waals surface area contributed by atoms with Crippen molar-refractivity contribution in [3.63, 3.8) is 0 Å². The zero-order valence-electron chi connectivity index (χ0n) is 15.5. The lowest BCUT2D eigenvalue weighted by molar-refractivity contribution is -0.172. The van der Waals surface area contributed by atoms with Gasteiger partial charge in [0.1, 0.15) is 12.1 Å². The Labute approximate surface area is 148 Å². The van der Waals surface area contributed by atoms with E-state index in [-0.39, 0.29) is 34.0 Å². The summed E-state index contributed by atoms with van der Waals surface area (Å²) < 4.78 is 6.18. The topological polar surface area (TPSA) is 80.7 Å². The summed E-state index contributed by atoms with van der Waals surface area (Å²) >= 11 is 0. The van der Waals surface area contributed by atoms with Gasteiger partial charge in [0.25, 0.3) is 0 Å². The van der Waals surface area contributed by atoms with Gasteiger partial charge in [-0.1, -0.05) is 27.2 Å². The van der Waals surface area contributed by atoms with Crippen LogP contribution in [0.3, 0.4) is 0 Å². The third kappa shape index (κ3) is 2.77. The highest BCUT2D eigenvalue weighted by Crippen LogP contribution is 2.64. The van der Waals surface area contributed by atoms with Gasteiger partial charge < -0.3 is 9.84 Å². The molecule has 1 saturated heterocycles. The van der Waals surface area contributed by atoms with E-state index in [0.717, 1.165) is 25.3 Å². The molecule has 0 aromatic heterocycles. The van der Waals surface area contributed by atoms with Crippen LogP contribution in [0.5, 0.6) is 0 Å². The molecule has 5 nitrogen and oxygen atoms in total. The number of carbonyl (C=O) groups is 3. The highest BCUT2D eigenvalue weighted by atomic mass is 16.5. The summed E-state index contributed by atoms with van der Waals surface area (Å²) in [6.07, 6.45) is 5.01. The molecule has 1 N–H and O–H groups in total. The van der Waals surface area contributed by atoms with Crippen molar-refractivity contribution in [1.29, 1.82) is 0 Å². The quantitative estimate of drug-likeness (QED) is 0.626. The van der Waals surface area contributed by atoms with Gasteiger partial charge in [-0.15, -0.1) is 0 Å². The summed E-state index contributed by atoms with van der Waals surface area (Å²) in [6, 6.07) is 0. The first-order valence-electron chi connectivity index (χ1n) is 9.14. The molecule has 0 aromatic carbocycles. The van der Waals surface area contributed by atoms with Crippen LogP contribution in [0, 0.1) is 22.7 Å². The Balaban J connectivity index is 2.00. The molecule has 5 heteroatoms. The number of carboxylic acids is 1. The second kappa shape index (κ2) is 5.76. The van der Waals surface area contributed by atoms with E-state index in [1.807, 2.05) is 6.92 Å². The molecule has 0 unspecified atom stereocenters. The lowest BCUT2D eigenvalue weighted by Crippen LogP contribution is -2.60. The van der Waals surface area contributed by atoms with Crippen LogP contribution in [0.15, 0.2) is 11.6 Å². The molecule has 0 aromatic rings. The van der Waals surface area contributed by atoms with Crippen molar-refractivity contribution < 1.29 is 24.2 Å². The molecule has 0 radical (unpaired) electrons. The van der Waals surface area contributed by atoms with Crippen molar-refractivity contribution in [3.8, 4) is 0 Å². The predicted octanol–water partition coefficient (Wildman–Crippen LogP) is 3.17. The first kappa shape index (κ1) is 18.3. The standard InChI is InChI=1S/C20H28O5/c1-18(2)6-5-7-19(3)15-9-14(12(11-21)8-16(23)24)25-20(15,4)10-13(22)17(18)19/h8,11,14-15,17H,5-7,9-10H2,1-4H3,(H,23,24)/b12-8+/t14-,15-,17+,19-,20-/m0/s1. The van der Waals surface area contributed by atoms with Gasteiger partial charge in [-0.05, 0) is 42.9 Å². The smallest absolute Gasteiger partial charge is 0.328 e. The van der Waals surface area contributed by atoms with E-state index in [1.54, 1.807) is 0 Å². The van der Waals surface area contributed by atoms with Crippen molar-refractivity contribution in [3.05, 3.63) is 11.6 Å². The second-order valence-electron chi connectivity index (χ2n) is 9.23. The minimum atomic E-state index is -1.15. The fourth-order valence-corrected chi connectivity index (χ4v) is 6.33. The number of ketones is 1. The average Bonchev–Trinajstić information content (AvgIpc) is 2.81. The summed E-state index contributed by atoms with van der Waals surface area (Å²) in [4.78, 5) is 35.5. The first-order chi connectivity index (χ1) is 11.5. The summed E-state index contributed by atoms with van der Waals surface area (Å²) in [5.74, 6) is -0.757. The molecule has 0 amide bonds. The molecule has 5 atom stereocenters. The Morgan fingerprint density at radius 3 is 2.52 bits per heavy atom. The van der Waals surface area contributed by atoms with Crippen molar-refractivity contribution in [1.82, 2.24) is 0 Å². The maximum absolute atomic E-state index is 13.1. The normalized spacial score (nSPS) is 43.3. The third-order valence-electron chi connectivity index (χ3n) is 7.02. The summed E-state index contributed by atoms with van der Waals surface area (Å²) in [7, 11) is 0. The van der Waals surface area contributed by atoms with E-state index >= 15 is 0 Å². The molecule has 3 aliphatic rings. The van der Waals surface area contributed by atoms with E-state index in [1.165, 1.54) is 0 Å². The number of hydrogen-bond acceptors (Lipinski definition) is 4. The van der Waals surface area contributed by atoms with Gasteiger partial charge >= 0.3 is 5.97 Å². The van der Waals surface area contributed by atoms with E-state index in [2.05, 4.69) is 20.8 Å². The molecular formula is C20H28O5. The molecule has 1 aliphatic heterocycles. The van der Waals surface area contributed by atoms with Crippen molar-refractivity contribution in [2.75, 3.05) is 0 Å². The van der Waals surface area contributed by atoms with E-state index < -0.39 is 17.7 Å². The van der Waals surface area contributed by atoms with Crippen LogP contribution in [0.4, 0.5) is 0 Å². The fraction of sp³-hybridized carbons (Fsp3) is 0.750. The van der Waals surface area contributed by atoms with Crippen LogP contribution in [0.25, 0.3) is 0 Å². The molecule has 25 heavy (non-hydrogen) atoms. The molecule has 2 saturated carbocycles. The maximum Gasteiger partial charge on any atom is 0.328 e. The van der Waals surface area contributed by atoms with Gasteiger partial charge in [0.15, 0.2) is 0 Å². The molecular weight excluding hydrogens is 320 g/mol. The number of Topliss-reactive ketones (excluding diaryl/α,β-unsaturated/α-hetero) is 1. The number of ether oxygens (including phenoxy) is 1. The number of aliphatic carboxylic acids is 1. The van der Waals surface area contributed by atoms with E-state index in [4.69, 9.17) is 9.84 Å². The predicted molar refractivity (Wildman–Crippen MR) is 92.0 cm³/mol. The summed E-state index contributed by atoms with van der Waals surface area (Å²) in [6.45, 7) is 8.53. The second-order valence-corrected chi connectivity index (χ2v) is 9.23. The van der Waals surface area contributed by atoms with Gasteiger partial charge in [-0.2, -0.15) is 0 Å². The van der Waals surface area contributed by atoms with Gasteiger partial charge in [0.2, 0.25) is 0 Å². The molecule has 3 rings (SSSR count). The molecule has 138 valence electrons. The van der Waals surface area contributed by atoms with Crippen molar-refractivity contribution in [2.45, 2.75) is 71.5 Å². The number of aldehydes is 1. The lowest BCUT2D eigenvalue weighted by atomic mass is 9.45. The van der Waals surface area contributed by atoms with Crippen LogP contribution < -0.4 is 0 Å². The van der Waals surface area contributed by atoms with Crippen molar-refractivity contribution >= 4 is 18.0 Å². The van der Waals surface area contributed by atoms with Gasteiger partial charge in [-0.25, -0.2) is 4.79 Å². The Kier molecular flexibility index (Phi) is 4.22. The first-order valence-corrected chi connectivity index (χ1v) is 9.14. The third-order valence-corrected chi connectivity index (χ3v) is 7.02. The zero-order chi connectivity index (χ0) is 18.6. The average molecular weight is 348 g/mol. The van der Waals surface area contributed by atoms with Crippen LogP contribution >= 0.6 is 0 Å². The zero-order valence-corrected chi connectivity index (χ0v) is 15.5. The summed E-state index contributed by atoms with van der Waals surface area (Å²) in [5.41, 5.74) is -0.669. The van der Waals surface area contributed by atoms with E-state index in [9.17, 15) is 14.4 Å². The maximum atomic E-state index is 13.1. The fourth-order valence-electron chi connectivity index (χ4n) is 6.33. The Morgan fingerprint density at radius 2 is 1.92 bits per heavy atom. The van der Waals surface area contributed by atoms with Crippen LogP contribution in [0.1, 0.15) is 59.8 Å². The van der Waals surface area contributed by atoms with Crippen LogP contribution in [-0.2, 0) is 19.1 Å². The number of carbonyl (C=O) groups excluding carboxylic acids is 2. The van der Waals surface area contributed by atoms with Crippen LogP contribution in [-0.4, -0.2) is 34.9 Å². The van der Waals surface area contributed by atoms with Crippen molar-refractivity contribution in [2.24, 2.45) is 22.7 Å². The minimum Gasteiger partial charge on any atom is -0.478 e. The molecule has 1 heterocycles. The Hall–Kier alpha value is -1.49. The van der Waals surface area contributed by atoms with Gasteiger partial charge in [0.05, 0.1) is 11.7 Å². The molecule has 0 spiro atoms. The Bertz CT molecular complexity index is 648. The largest absolute Gasteiger partial charge is 0.478 e. The minimum absolute atomic E-state index is 0.00249. The van der Waals surface area contributed by atoms with Gasteiger partial charge in [0, 0.05) is 24.0 Å². The summed E-state index contributed by atoms with van der Waals surface area (Å²) in [5, 5.41) is 9.00. The van der Waals surface area contributed by atoms with E-state index in [0.29, 0.717) is 19.1 Å². The Morgan fingerprint density at radius 1 is 1.24 bits per heavy atom. The van der Waals surface area contributed by atoms with Gasteiger partial charge in [-0.3, -0.25) is 9.59 Å². The van der Waals surface area contributed by atoms with Crippen LogP contribution in [0.2, 0.25) is 0 Å². The number of fused-ring (bicyclic) bond motifs is 3. The number of carboxylic acid groups (broad SMARTS) is 1. The number of hydrogen-bond donors (Lipinski definition) is 1. The monoisotopic (exact) mass is 348 g/mol. The lowest BCUT2D eigenvalue weighted by Gasteiger charge is -2.59. The number of rotatable bonds is 3. The highest BCUT2D eigenvalue weighted by Gasteiger charge is 2.65. The molecule has 3 fully saturated rings. The highest BCUT2D eigenvalue weighted by molar-refractivity contribution is 5.89. The SMILES string of the molecule is CC1(C)CCC[C@]2(C)[C@@H]1C(=O)C[C@]1(C)O[C@H](/C(C=O)=C/C(=O)O)C[C@@H]21. The molecule has 0 bridgehead atoms.